The second-order valence-corrected chi connectivity index (χ2v) is 5.80. The lowest BCUT2D eigenvalue weighted by Gasteiger charge is -2.26. The van der Waals surface area contributed by atoms with Crippen LogP contribution in [-0.4, -0.2) is 11.4 Å². The summed E-state index contributed by atoms with van der Waals surface area (Å²) in [4.78, 5) is 1.15. The largest absolute Gasteiger partial charge is 0.508 e. The molecule has 1 heterocycles. The zero-order chi connectivity index (χ0) is 15.7. The van der Waals surface area contributed by atoms with Gasteiger partial charge in [0, 0.05) is 16.5 Å². The van der Waals surface area contributed by atoms with Crippen molar-refractivity contribution in [1.29, 1.82) is 5.26 Å². The molecule has 5 heteroatoms. The minimum atomic E-state index is -0.287. The molecule has 0 aromatic heterocycles. The predicted octanol–water partition coefficient (Wildman–Crippen LogP) is 3.33. The zero-order valence-corrected chi connectivity index (χ0v) is 12.7. The lowest BCUT2D eigenvalue weighted by atomic mass is 9.83. The van der Waals surface area contributed by atoms with E-state index in [1.165, 1.54) is 6.07 Å². The van der Waals surface area contributed by atoms with E-state index in [2.05, 4.69) is 6.07 Å². The van der Waals surface area contributed by atoms with Gasteiger partial charge >= 0.3 is 0 Å². The molecule has 4 nitrogen and oxygen atoms in total. The molecule has 22 heavy (non-hydrogen) atoms. The van der Waals surface area contributed by atoms with Gasteiger partial charge in [-0.1, -0.05) is 18.2 Å². The number of nitriles is 1. The van der Waals surface area contributed by atoms with Gasteiger partial charge in [-0.05, 0) is 30.0 Å². The maximum Gasteiger partial charge on any atom is 0.205 e. The molecule has 0 spiro atoms. The number of hydrogen-bond donors (Lipinski definition) is 2. The molecule has 0 unspecified atom stereocenters. The van der Waals surface area contributed by atoms with E-state index >= 15 is 0 Å². The topological polar surface area (TPSA) is 79.3 Å². The van der Waals surface area contributed by atoms with Crippen molar-refractivity contribution in [1.82, 2.24) is 0 Å². The van der Waals surface area contributed by atoms with Crippen molar-refractivity contribution in [3.8, 4) is 17.6 Å². The summed E-state index contributed by atoms with van der Waals surface area (Å²) in [6, 6.07) is 15.0. The Bertz CT molecular complexity index is 791. The minimum absolute atomic E-state index is 0.0829. The summed E-state index contributed by atoms with van der Waals surface area (Å²) >= 11 is 1.66. The molecule has 0 fully saturated rings. The number of thioether (sulfide) groups is 1. The minimum Gasteiger partial charge on any atom is -0.508 e. The van der Waals surface area contributed by atoms with Gasteiger partial charge < -0.3 is 15.6 Å². The van der Waals surface area contributed by atoms with Crippen molar-refractivity contribution in [3.63, 3.8) is 0 Å². The molecule has 3 N–H and O–H groups in total. The number of phenols is 1. The monoisotopic (exact) mass is 310 g/mol. The van der Waals surface area contributed by atoms with Crippen LogP contribution in [0.15, 0.2) is 58.8 Å². The van der Waals surface area contributed by atoms with Crippen LogP contribution in [0.25, 0.3) is 0 Å². The molecule has 1 atom stereocenters. The van der Waals surface area contributed by atoms with Crippen molar-refractivity contribution in [2.45, 2.75) is 10.8 Å². The van der Waals surface area contributed by atoms with Gasteiger partial charge in [0.1, 0.15) is 23.1 Å². The fourth-order valence-electron chi connectivity index (χ4n) is 2.58. The number of nitrogens with two attached hydrogens (primary N) is 1. The first-order chi connectivity index (χ1) is 10.6. The molecule has 1 aliphatic rings. The van der Waals surface area contributed by atoms with Gasteiger partial charge in [0.25, 0.3) is 0 Å². The van der Waals surface area contributed by atoms with Crippen LogP contribution >= 0.6 is 11.8 Å². The highest BCUT2D eigenvalue weighted by molar-refractivity contribution is 7.98. The average molecular weight is 310 g/mol. The first kappa shape index (κ1) is 14.4. The maximum absolute atomic E-state index is 9.62. The third kappa shape index (κ3) is 2.38. The lowest BCUT2D eigenvalue weighted by molar-refractivity contribution is 0.388. The third-order valence-corrected chi connectivity index (χ3v) is 4.40. The first-order valence-electron chi connectivity index (χ1n) is 6.68. The summed E-state index contributed by atoms with van der Waals surface area (Å²) in [5, 5.41) is 19.1. The van der Waals surface area contributed by atoms with E-state index in [0.717, 1.165) is 16.0 Å². The average Bonchev–Trinajstić information content (AvgIpc) is 2.53. The fourth-order valence-corrected chi connectivity index (χ4v) is 2.99. The summed E-state index contributed by atoms with van der Waals surface area (Å²) in [6.07, 6.45) is 2.01. The van der Waals surface area contributed by atoms with E-state index < -0.39 is 0 Å². The standard InChI is InChI=1S/C17H14N2O2S/c1-22-12-5-2-10(3-6-12)16-13-7-4-11(20)8-15(13)21-17(19)14(16)9-18/h2-8,16,20H,19H2,1H3/t16-/m0/s1. The fraction of sp³-hybridized carbons (Fsp3) is 0.118. The number of allylic oxidation sites excluding steroid dienone is 1. The first-order valence-corrected chi connectivity index (χ1v) is 7.91. The van der Waals surface area contributed by atoms with Gasteiger partial charge in [-0.3, -0.25) is 0 Å². The Balaban J connectivity index is 2.16. The van der Waals surface area contributed by atoms with E-state index in [9.17, 15) is 10.4 Å². The second-order valence-electron chi connectivity index (χ2n) is 4.92. The van der Waals surface area contributed by atoms with Gasteiger partial charge in [0.15, 0.2) is 0 Å². The molecule has 2 aromatic carbocycles. The van der Waals surface area contributed by atoms with Crippen LogP contribution in [0, 0.1) is 11.3 Å². The van der Waals surface area contributed by atoms with Crippen LogP contribution in [0.2, 0.25) is 0 Å². The number of aromatic hydroxyl groups is 1. The van der Waals surface area contributed by atoms with Crippen molar-refractivity contribution in [3.05, 3.63) is 65.0 Å². The molecule has 0 radical (unpaired) electrons. The molecule has 0 saturated heterocycles. The molecule has 2 aromatic rings. The molecular formula is C17H14N2O2S. The quantitative estimate of drug-likeness (QED) is 0.832. The summed E-state index contributed by atoms with van der Waals surface area (Å²) in [7, 11) is 0. The Hall–Kier alpha value is -2.58. The van der Waals surface area contributed by atoms with Gasteiger partial charge in [0.2, 0.25) is 5.88 Å². The Labute approximate surface area is 132 Å². The number of fused-ring (bicyclic) bond motifs is 1. The van der Waals surface area contributed by atoms with E-state index in [4.69, 9.17) is 10.5 Å². The number of benzene rings is 2. The Morgan fingerprint density at radius 1 is 1.23 bits per heavy atom. The van der Waals surface area contributed by atoms with Crippen LogP contribution in [0.3, 0.4) is 0 Å². The van der Waals surface area contributed by atoms with Crippen molar-refractivity contribution < 1.29 is 9.84 Å². The smallest absolute Gasteiger partial charge is 0.205 e. The molecule has 1 aliphatic heterocycles. The number of hydrogen-bond acceptors (Lipinski definition) is 5. The molecule has 0 saturated carbocycles. The summed E-state index contributed by atoms with van der Waals surface area (Å²) < 4.78 is 5.48. The SMILES string of the molecule is CSc1ccc([C@@H]2C(C#N)=C(N)Oc3cc(O)ccc32)cc1. The highest BCUT2D eigenvalue weighted by Crippen LogP contribution is 2.43. The number of rotatable bonds is 2. The van der Waals surface area contributed by atoms with Crippen LogP contribution < -0.4 is 10.5 Å². The summed E-state index contributed by atoms with van der Waals surface area (Å²) in [6.45, 7) is 0. The third-order valence-electron chi connectivity index (χ3n) is 3.65. The summed E-state index contributed by atoms with van der Waals surface area (Å²) in [5.74, 6) is 0.378. The second kappa shape index (κ2) is 5.66. The van der Waals surface area contributed by atoms with Crippen LogP contribution in [0.4, 0.5) is 0 Å². The van der Waals surface area contributed by atoms with Gasteiger partial charge in [-0.2, -0.15) is 5.26 Å². The van der Waals surface area contributed by atoms with Crippen molar-refractivity contribution in [2.24, 2.45) is 5.73 Å². The highest BCUT2D eigenvalue weighted by Gasteiger charge is 2.30. The Morgan fingerprint density at radius 3 is 2.59 bits per heavy atom. The number of phenolic OH excluding ortho intramolecular Hbond substituents is 1. The van der Waals surface area contributed by atoms with Gasteiger partial charge in [0.05, 0.1) is 5.92 Å². The predicted molar refractivity (Wildman–Crippen MR) is 85.6 cm³/mol. The summed E-state index contributed by atoms with van der Waals surface area (Å²) in [5.41, 5.74) is 8.06. The molecular weight excluding hydrogens is 296 g/mol. The van der Waals surface area contributed by atoms with Crippen LogP contribution in [0.1, 0.15) is 17.0 Å². The lowest BCUT2D eigenvalue weighted by Crippen LogP contribution is -2.20. The zero-order valence-electron chi connectivity index (χ0n) is 11.9. The Kier molecular flexibility index (Phi) is 3.70. The van der Waals surface area contributed by atoms with Gasteiger partial charge in [-0.15, -0.1) is 11.8 Å². The Morgan fingerprint density at radius 2 is 1.95 bits per heavy atom. The molecule has 3 rings (SSSR count). The molecule has 0 bridgehead atoms. The van der Waals surface area contributed by atoms with Crippen LogP contribution in [-0.2, 0) is 0 Å². The van der Waals surface area contributed by atoms with E-state index in [1.807, 2.05) is 30.5 Å². The molecule has 0 aliphatic carbocycles. The van der Waals surface area contributed by atoms with E-state index in [0.29, 0.717) is 11.3 Å². The van der Waals surface area contributed by atoms with E-state index in [1.54, 1.807) is 23.9 Å². The van der Waals surface area contributed by atoms with Crippen molar-refractivity contribution >= 4 is 11.8 Å². The van der Waals surface area contributed by atoms with E-state index in [-0.39, 0.29) is 17.6 Å². The number of nitrogens with zero attached hydrogens (tertiary/aromatic N) is 1. The van der Waals surface area contributed by atoms with Gasteiger partial charge in [-0.25, -0.2) is 0 Å². The molecule has 0 amide bonds. The maximum atomic E-state index is 9.62. The molecule has 110 valence electrons. The number of ether oxygens (including phenoxy) is 1. The van der Waals surface area contributed by atoms with Crippen LogP contribution in [0.5, 0.6) is 11.5 Å². The normalized spacial score (nSPS) is 16.6. The van der Waals surface area contributed by atoms with Crippen molar-refractivity contribution in [2.75, 3.05) is 6.26 Å². The highest BCUT2D eigenvalue weighted by atomic mass is 32.2.